The lowest BCUT2D eigenvalue weighted by Crippen LogP contribution is -2.53. The van der Waals surface area contributed by atoms with E-state index in [0.29, 0.717) is 0 Å². The highest BCUT2D eigenvalue weighted by atomic mass is 32.2. The first kappa shape index (κ1) is 20.2. The van der Waals surface area contributed by atoms with Crippen molar-refractivity contribution in [2.75, 3.05) is 0 Å². The van der Waals surface area contributed by atoms with Crippen LogP contribution in [0.5, 0.6) is 0 Å². The first-order valence-electron chi connectivity index (χ1n) is 8.18. The minimum absolute atomic E-state index is 0.00595. The number of rotatable bonds is 8. The monoisotopic (exact) mass is 382 g/mol. The highest BCUT2D eigenvalue weighted by molar-refractivity contribution is 8.01. The van der Waals surface area contributed by atoms with Crippen LogP contribution in [0.2, 0.25) is 0 Å². The van der Waals surface area contributed by atoms with Crippen LogP contribution in [0.3, 0.4) is 0 Å². The van der Waals surface area contributed by atoms with E-state index in [-0.39, 0.29) is 24.5 Å². The fraction of sp³-hybridized carbons (Fsp3) is 0.529. The second-order valence-corrected chi connectivity index (χ2v) is 8.52. The number of amides is 1. The van der Waals surface area contributed by atoms with Crippen LogP contribution in [-0.4, -0.2) is 56.0 Å². The molecule has 2 aliphatic rings. The standard InChI is InChI=1S/C17H22N2O6S/c1-17(2)13(16(24)25)19-14(26-17)12(15(22)23)18-11(21)8-7-10(20)9-5-3-4-6-9/h3-6,9,12-14,19H,7-8H2,1-2H3,(H,18,21)(H,22,23)(H,24,25)/t12-,13-,14-/m0/s1. The predicted molar refractivity (Wildman–Crippen MR) is 95.6 cm³/mol. The van der Waals surface area contributed by atoms with Gasteiger partial charge >= 0.3 is 11.9 Å². The van der Waals surface area contributed by atoms with E-state index in [2.05, 4.69) is 10.6 Å². The van der Waals surface area contributed by atoms with E-state index in [9.17, 15) is 29.4 Å². The van der Waals surface area contributed by atoms with Crippen LogP contribution in [0.15, 0.2) is 24.3 Å². The minimum Gasteiger partial charge on any atom is -0.480 e. The summed E-state index contributed by atoms with van der Waals surface area (Å²) in [4.78, 5) is 46.9. The number of carbonyl (C=O) groups excluding carboxylic acids is 2. The highest BCUT2D eigenvalue weighted by Crippen LogP contribution is 2.39. The molecule has 0 saturated carbocycles. The Morgan fingerprint density at radius 1 is 1.15 bits per heavy atom. The van der Waals surface area contributed by atoms with E-state index < -0.39 is 40.1 Å². The molecule has 142 valence electrons. The number of ketones is 1. The van der Waals surface area contributed by atoms with Crippen molar-refractivity contribution >= 4 is 35.4 Å². The van der Waals surface area contributed by atoms with Crippen molar-refractivity contribution in [2.24, 2.45) is 5.92 Å². The van der Waals surface area contributed by atoms with Gasteiger partial charge in [0.05, 0.1) is 11.3 Å². The Hall–Kier alpha value is -2.13. The van der Waals surface area contributed by atoms with Gasteiger partial charge in [0.15, 0.2) is 6.04 Å². The van der Waals surface area contributed by atoms with Gasteiger partial charge in [-0.05, 0) is 13.8 Å². The average molecular weight is 382 g/mol. The lowest BCUT2D eigenvalue weighted by atomic mass is 10.0. The topological polar surface area (TPSA) is 133 Å². The zero-order valence-corrected chi connectivity index (χ0v) is 15.3. The van der Waals surface area contributed by atoms with Gasteiger partial charge in [0, 0.05) is 17.6 Å². The Balaban J connectivity index is 1.93. The quantitative estimate of drug-likeness (QED) is 0.478. The number of hydrogen-bond acceptors (Lipinski definition) is 6. The molecule has 4 N–H and O–H groups in total. The van der Waals surface area contributed by atoms with E-state index >= 15 is 0 Å². The second-order valence-electron chi connectivity index (χ2n) is 6.73. The van der Waals surface area contributed by atoms with Crippen LogP contribution >= 0.6 is 11.8 Å². The SMILES string of the molecule is CC1(C)S[C@@H]([C@H](NC(=O)CCC(=O)C2C=CC=C2)C(=O)O)N[C@H]1C(=O)O. The molecule has 1 heterocycles. The van der Waals surface area contributed by atoms with E-state index in [4.69, 9.17) is 0 Å². The van der Waals surface area contributed by atoms with Crippen LogP contribution in [0.25, 0.3) is 0 Å². The number of carbonyl (C=O) groups is 4. The molecule has 1 aliphatic carbocycles. The maximum atomic E-state index is 12.1. The Kier molecular flexibility index (Phi) is 6.25. The van der Waals surface area contributed by atoms with Crippen molar-refractivity contribution in [3.05, 3.63) is 24.3 Å². The summed E-state index contributed by atoms with van der Waals surface area (Å²) in [5.74, 6) is -3.35. The van der Waals surface area contributed by atoms with Gasteiger partial charge < -0.3 is 15.5 Å². The van der Waals surface area contributed by atoms with Gasteiger partial charge in [-0.3, -0.25) is 19.7 Å². The van der Waals surface area contributed by atoms with Gasteiger partial charge in [-0.25, -0.2) is 4.79 Å². The Morgan fingerprint density at radius 2 is 1.77 bits per heavy atom. The summed E-state index contributed by atoms with van der Waals surface area (Å²) in [6, 6.07) is -2.23. The molecule has 0 spiro atoms. The first-order chi connectivity index (χ1) is 12.1. The largest absolute Gasteiger partial charge is 0.480 e. The molecular weight excluding hydrogens is 360 g/mol. The first-order valence-corrected chi connectivity index (χ1v) is 9.06. The summed E-state index contributed by atoms with van der Waals surface area (Å²) < 4.78 is -0.730. The highest BCUT2D eigenvalue weighted by Gasteiger charge is 2.49. The van der Waals surface area contributed by atoms with Crippen LogP contribution in [0.4, 0.5) is 0 Å². The number of thioether (sulfide) groups is 1. The summed E-state index contributed by atoms with van der Waals surface area (Å²) >= 11 is 1.15. The molecule has 2 rings (SSSR count). The predicted octanol–water partition coefficient (Wildman–Crippen LogP) is 0.542. The number of carboxylic acids is 2. The van der Waals surface area contributed by atoms with Crippen molar-refractivity contribution in [3.8, 4) is 0 Å². The summed E-state index contributed by atoms with van der Waals surface area (Å²) in [7, 11) is 0. The van der Waals surface area contributed by atoms with E-state index in [0.717, 1.165) is 11.8 Å². The second kappa shape index (κ2) is 8.05. The van der Waals surface area contributed by atoms with E-state index in [1.54, 1.807) is 38.2 Å². The molecule has 0 unspecified atom stereocenters. The molecule has 26 heavy (non-hydrogen) atoms. The average Bonchev–Trinajstić information content (AvgIpc) is 3.17. The number of nitrogens with one attached hydrogen (secondary N) is 2. The molecule has 0 aromatic rings. The van der Waals surface area contributed by atoms with Crippen LogP contribution in [-0.2, 0) is 19.2 Å². The summed E-state index contributed by atoms with van der Waals surface area (Å²) in [5.41, 5.74) is 0. The molecule has 0 bridgehead atoms. The molecule has 0 aromatic carbocycles. The zero-order valence-electron chi connectivity index (χ0n) is 14.5. The fourth-order valence-corrected chi connectivity index (χ4v) is 4.37. The molecule has 1 fully saturated rings. The Bertz CT molecular complexity index is 660. The van der Waals surface area contributed by atoms with Crippen molar-refractivity contribution in [2.45, 2.75) is 48.9 Å². The minimum atomic E-state index is -1.29. The third-order valence-corrected chi connectivity index (χ3v) is 5.81. The number of aliphatic carboxylic acids is 2. The van der Waals surface area contributed by atoms with Crippen LogP contribution in [0, 0.1) is 5.92 Å². The Labute approximate surface area is 155 Å². The van der Waals surface area contributed by atoms with Gasteiger partial charge in [0.25, 0.3) is 0 Å². The summed E-state index contributed by atoms with van der Waals surface area (Å²) in [6.07, 6.45) is 6.86. The summed E-state index contributed by atoms with van der Waals surface area (Å²) in [6.45, 7) is 3.40. The smallest absolute Gasteiger partial charge is 0.328 e. The molecule has 3 atom stereocenters. The molecule has 9 heteroatoms. The fourth-order valence-electron chi connectivity index (χ4n) is 2.89. The van der Waals surface area contributed by atoms with Crippen molar-refractivity contribution in [1.29, 1.82) is 0 Å². The molecule has 0 radical (unpaired) electrons. The molecule has 1 saturated heterocycles. The van der Waals surface area contributed by atoms with Gasteiger partial charge in [0.2, 0.25) is 5.91 Å². The molecule has 0 aromatic heterocycles. The van der Waals surface area contributed by atoms with Crippen LogP contribution < -0.4 is 10.6 Å². The zero-order chi connectivity index (χ0) is 19.5. The molecular formula is C17H22N2O6S. The van der Waals surface area contributed by atoms with Gasteiger partial charge in [-0.15, -0.1) is 11.8 Å². The molecule has 8 nitrogen and oxygen atoms in total. The lowest BCUT2D eigenvalue weighted by molar-refractivity contribution is -0.143. The lowest BCUT2D eigenvalue weighted by Gasteiger charge is -2.22. The van der Waals surface area contributed by atoms with Gasteiger partial charge in [0.1, 0.15) is 11.8 Å². The number of hydrogen-bond donors (Lipinski definition) is 4. The number of carboxylic acid groups (broad SMARTS) is 2. The molecule has 1 amide bonds. The van der Waals surface area contributed by atoms with Crippen molar-refractivity contribution in [1.82, 2.24) is 10.6 Å². The van der Waals surface area contributed by atoms with Crippen LogP contribution in [0.1, 0.15) is 26.7 Å². The number of allylic oxidation sites excluding steroid dienone is 4. The van der Waals surface area contributed by atoms with E-state index in [1.807, 2.05) is 0 Å². The van der Waals surface area contributed by atoms with Gasteiger partial charge in [-0.1, -0.05) is 24.3 Å². The maximum Gasteiger partial charge on any atom is 0.328 e. The maximum absolute atomic E-state index is 12.1. The number of Topliss-reactive ketones (excluding diaryl/α,β-unsaturated/α-hetero) is 1. The third kappa shape index (κ3) is 4.73. The summed E-state index contributed by atoms with van der Waals surface area (Å²) in [5, 5.41) is 23.1. The third-order valence-electron chi connectivity index (χ3n) is 4.31. The Morgan fingerprint density at radius 3 is 2.27 bits per heavy atom. The van der Waals surface area contributed by atoms with Gasteiger partial charge in [-0.2, -0.15) is 0 Å². The van der Waals surface area contributed by atoms with Crippen molar-refractivity contribution < 1.29 is 29.4 Å². The van der Waals surface area contributed by atoms with E-state index in [1.165, 1.54) is 0 Å². The normalized spacial score (nSPS) is 25.2. The molecule has 1 aliphatic heterocycles. The van der Waals surface area contributed by atoms with Crippen molar-refractivity contribution in [3.63, 3.8) is 0 Å².